The number of methoxy groups -OCH3 is 2. The third-order valence-corrected chi connectivity index (χ3v) is 3.82. The van der Waals surface area contributed by atoms with Gasteiger partial charge in [-0.3, -0.25) is 4.79 Å². The third-order valence-electron chi connectivity index (χ3n) is 3.58. The van der Waals surface area contributed by atoms with Gasteiger partial charge in [-0.2, -0.15) is 0 Å². The Hall–Kier alpha value is -1.75. The minimum Gasteiger partial charge on any atom is -0.496 e. The van der Waals surface area contributed by atoms with Gasteiger partial charge in [0.25, 0.3) is 0 Å². The van der Waals surface area contributed by atoms with E-state index < -0.39 is 12.0 Å². The van der Waals surface area contributed by atoms with Crippen molar-refractivity contribution in [3.05, 3.63) is 28.8 Å². The van der Waals surface area contributed by atoms with Crippen LogP contribution in [0.2, 0.25) is 5.02 Å². The summed E-state index contributed by atoms with van der Waals surface area (Å²) in [5.41, 5.74) is 0.706. The molecule has 1 aromatic carbocycles. The Morgan fingerprint density at radius 1 is 1.32 bits per heavy atom. The van der Waals surface area contributed by atoms with Crippen LogP contribution < -0.4 is 10.1 Å². The molecule has 0 aromatic heterocycles. The number of nitrogens with one attached hydrogen (secondary N) is 1. The summed E-state index contributed by atoms with van der Waals surface area (Å²) in [6.45, 7) is 3.85. The van der Waals surface area contributed by atoms with E-state index in [1.165, 1.54) is 14.2 Å². The summed E-state index contributed by atoms with van der Waals surface area (Å²) in [4.78, 5) is 24.0. The minimum absolute atomic E-state index is 0.0106. The normalized spacial score (nSPS) is 13.1. The van der Waals surface area contributed by atoms with E-state index in [2.05, 4.69) is 5.32 Å². The average molecular weight is 328 g/mol. The van der Waals surface area contributed by atoms with Gasteiger partial charge in [-0.25, -0.2) is 4.79 Å². The number of carbonyl (C=O) groups excluding carboxylic acids is 2. The van der Waals surface area contributed by atoms with Crippen LogP contribution in [0.5, 0.6) is 5.75 Å². The molecule has 0 spiro atoms. The number of halogens is 1. The minimum atomic E-state index is -0.652. The molecule has 1 amide bonds. The lowest BCUT2D eigenvalue weighted by Gasteiger charge is -2.22. The fourth-order valence-corrected chi connectivity index (χ4v) is 2.22. The molecule has 1 rings (SSSR count). The fourth-order valence-electron chi connectivity index (χ4n) is 2.06. The van der Waals surface area contributed by atoms with Crippen LogP contribution in [0.4, 0.5) is 0 Å². The first-order chi connectivity index (χ1) is 10.4. The Morgan fingerprint density at radius 3 is 2.55 bits per heavy atom. The van der Waals surface area contributed by atoms with Crippen molar-refractivity contribution in [2.45, 2.75) is 32.7 Å². The summed E-state index contributed by atoms with van der Waals surface area (Å²) < 4.78 is 9.96. The number of hydrogen-bond acceptors (Lipinski definition) is 4. The molecule has 6 heteroatoms. The summed E-state index contributed by atoms with van der Waals surface area (Å²) in [6.07, 6.45) is 0.856. The second-order valence-corrected chi connectivity index (χ2v) is 5.52. The highest BCUT2D eigenvalue weighted by molar-refractivity contribution is 6.30. The first-order valence-corrected chi connectivity index (χ1v) is 7.50. The van der Waals surface area contributed by atoms with Crippen LogP contribution in [0, 0.1) is 5.92 Å². The molecule has 0 fully saturated rings. The highest BCUT2D eigenvalue weighted by Crippen LogP contribution is 2.23. The number of hydrogen-bond donors (Lipinski definition) is 1. The molecule has 0 aliphatic rings. The van der Waals surface area contributed by atoms with Gasteiger partial charge in [-0.15, -0.1) is 0 Å². The van der Waals surface area contributed by atoms with Crippen molar-refractivity contribution < 1.29 is 19.1 Å². The molecule has 0 aliphatic carbocycles. The second kappa shape index (κ2) is 8.63. The molecule has 0 radical (unpaired) electrons. The van der Waals surface area contributed by atoms with E-state index in [0.29, 0.717) is 16.3 Å². The molecule has 1 aromatic rings. The standard InChI is InChI=1S/C16H22ClNO4/c1-5-10(2)15(16(20)22-4)18-14(19)8-11-6-7-12(17)9-13(11)21-3/h6-7,9-10,15H,5,8H2,1-4H3,(H,18,19). The second-order valence-electron chi connectivity index (χ2n) is 5.09. The number of ether oxygens (including phenoxy) is 2. The van der Waals surface area contributed by atoms with Gasteiger partial charge in [0.2, 0.25) is 5.91 Å². The largest absolute Gasteiger partial charge is 0.496 e. The smallest absolute Gasteiger partial charge is 0.328 e. The molecular weight excluding hydrogens is 306 g/mol. The number of benzene rings is 1. The van der Waals surface area contributed by atoms with Crippen LogP contribution in [0.1, 0.15) is 25.8 Å². The average Bonchev–Trinajstić information content (AvgIpc) is 2.52. The fraction of sp³-hybridized carbons (Fsp3) is 0.500. The van der Waals surface area contributed by atoms with E-state index >= 15 is 0 Å². The highest BCUT2D eigenvalue weighted by atomic mass is 35.5. The molecule has 0 saturated heterocycles. The van der Waals surface area contributed by atoms with Crippen LogP contribution in [0.15, 0.2) is 18.2 Å². The number of rotatable bonds is 7. The molecule has 5 nitrogen and oxygen atoms in total. The van der Waals surface area contributed by atoms with Crippen LogP contribution in [-0.2, 0) is 20.7 Å². The van der Waals surface area contributed by atoms with Crippen molar-refractivity contribution in [3.63, 3.8) is 0 Å². The maximum Gasteiger partial charge on any atom is 0.328 e. The van der Waals surface area contributed by atoms with Gasteiger partial charge < -0.3 is 14.8 Å². The quantitative estimate of drug-likeness (QED) is 0.782. The summed E-state index contributed by atoms with van der Waals surface area (Å²) in [6, 6.07) is 4.42. The number of amides is 1. The van der Waals surface area contributed by atoms with Gasteiger partial charge in [0.15, 0.2) is 0 Å². The maximum atomic E-state index is 12.2. The summed E-state index contributed by atoms with van der Waals surface area (Å²) >= 11 is 5.90. The van der Waals surface area contributed by atoms with Crippen LogP contribution in [0.25, 0.3) is 0 Å². The highest BCUT2D eigenvalue weighted by Gasteiger charge is 2.26. The SMILES string of the molecule is CCC(C)C(NC(=O)Cc1ccc(Cl)cc1OC)C(=O)OC. The van der Waals surface area contributed by atoms with Gasteiger partial charge >= 0.3 is 5.97 Å². The maximum absolute atomic E-state index is 12.2. The zero-order valence-corrected chi connectivity index (χ0v) is 14.1. The Labute approximate surface area is 135 Å². The van der Waals surface area contributed by atoms with Crippen LogP contribution in [-0.4, -0.2) is 32.1 Å². The lowest BCUT2D eigenvalue weighted by atomic mass is 9.99. The molecule has 1 N–H and O–H groups in total. The Morgan fingerprint density at radius 2 is 2.00 bits per heavy atom. The zero-order valence-electron chi connectivity index (χ0n) is 13.3. The first-order valence-electron chi connectivity index (χ1n) is 7.12. The molecule has 2 unspecified atom stereocenters. The van der Waals surface area contributed by atoms with Gasteiger partial charge in [0.1, 0.15) is 11.8 Å². The predicted molar refractivity (Wildman–Crippen MR) is 85.1 cm³/mol. The van der Waals surface area contributed by atoms with Crippen molar-refractivity contribution >= 4 is 23.5 Å². The lowest BCUT2D eigenvalue weighted by molar-refractivity contribution is -0.146. The van der Waals surface area contributed by atoms with Crippen molar-refractivity contribution in [1.29, 1.82) is 0 Å². The van der Waals surface area contributed by atoms with Crippen molar-refractivity contribution in [2.24, 2.45) is 5.92 Å². The van der Waals surface area contributed by atoms with Gasteiger partial charge in [-0.05, 0) is 18.1 Å². The van der Waals surface area contributed by atoms with Gasteiger partial charge in [0, 0.05) is 10.6 Å². The monoisotopic (exact) mass is 327 g/mol. The van der Waals surface area contributed by atoms with Gasteiger partial charge in [-0.1, -0.05) is 37.9 Å². The first kappa shape index (κ1) is 18.3. The molecule has 0 aliphatic heterocycles. The van der Waals surface area contributed by atoms with E-state index in [1.54, 1.807) is 18.2 Å². The molecule has 22 heavy (non-hydrogen) atoms. The molecule has 0 saturated carbocycles. The van der Waals surface area contributed by atoms with E-state index in [0.717, 1.165) is 6.42 Å². The van der Waals surface area contributed by atoms with E-state index in [1.807, 2.05) is 13.8 Å². The Balaban J connectivity index is 2.81. The molecule has 0 bridgehead atoms. The predicted octanol–water partition coefficient (Wildman–Crippen LogP) is 2.60. The summed E-state index contributed by atoms with van der Waals surface area (Å²) in [5, 5.41) is 3.27. The van der Waals surface area contributed by atoms with Crippen LogP contribution in [0.3, 0.4) is 0 Å². The molecule has 122 valence electrons. The van der Waals surface area contributed by atoms with Crippen molar-refractivity contribution in [2.75, 3.05) is 14.2 Å². The molecule has 2 atom stereocenters. The van der Waals surface area contributed by atoms with Crippen molar-refractivity contribution in [3.8, 4) is 5.75 Å². The Bertz CT molecular complexity index is 533. The van der Waals surface area contributed by atoms with E-state index in [4.69, 9.17) is 21.1 Å². The molecular formula is C16H22ClNO4. The number of esters is 1. The van der Waals surface area contributed by atoms with Crippen LogP contribution >= 0.6 is 11.6 Å². The number of carbonyl (C=O) groups is 2. The van der Waals surface area contributed by atoms with Crippen molar-refractivity contribution in [1.82, 2.24) is 5.32 Å². The van der Waals surface area contributed by atoms with E-state index in [9.17, 15) is 9.59 Å². The summed E-state index contributed by atoms with van der Waals surface area (Å²) in [7, 11) is 2.83. The topological polar surface area (TPSA) is 64.6 Å². The molecule has 0 heterocycles. The zero-order chi connectivity index (χ0) is 16.7. The van der Waals surface area contributed by atoms with E-state index in [-0.39, 0.29) is 18.2 Å². The lowest BCUT2D eigenvalue weighted by Crippen LogP contribution is -2.46. The Kier molecular flexibility index (Phi) is 7.18. The third kappa shape index (κ3) is 4.91. The van der Waals surface area contributed by atoms with Gasteiger partial charge in [0.05, 0.1) is 20.6 Å². The summed E-state index contributed by atoms with van der Waals surface area (Å²) in [5.74, 6) is -0.175.